The van der Waals surface area contributed by atoms with Crippen LogP contribution in [0.1, 0.15) is 40.0 Å². The maximum atomic E-state index is 11.8. The van der Waals surface area contributed by atoms with Gasteiger partial charge in [-0.15, -0.1) is 0 Å². The third kappa shape index (κ3) is 4.36. The van der Waals surface area contributed by atoms with Gasteiger partial charge < -0.3 is 10.2 Å². The van der Waals surface area contributed by atoms with Crippen LogP contribution in [0.2, 0.25) is 0 Å². The van der Waals surface area contributed by atoms with Crippen molar-refractivity contribution in [3.05, 3.63) is 0 Å². The van der Waals surface area contributed by atoms with E-state index in [9.17, 15) is 9.59 Å². The Morgan fingerprint density at radius 2 is 1.88 bits per heavy atom. The van der Waals surface area contributed by atoms with Gasteiger partial charge in [0.2, 0.25) is 11.8 Å². The Morgan fingerprint density at radius 3 is 2.35 bits per heavy atom. The van der Waals surface area contributed by atoms with Crippen molar-refractivity contribution in [2.45, 2.75) is 40.0 Å². The molecule has 1 heterocycles. The third-order valence-electron chi connectivity index (χ3n) is 3.21. The molecule has 0 saturated carbocycles. The van der Waals surface area contributed by atoms with Crippen LogP contribution in [0, 0.1) is 11.8 Å². The highest BCUT2D eigenvalue weighted by molar-refractivity contribution is 5.80. The number of amides is 2. The zero-order valence-corrected chi connectivity index (χ0v) is 11.2. The second-order valence-corrected chi connectivity index (χ2v) is 5.15. The number of piperidine rings is 1. The summed E-state index contributed by atoms with van der Waals surface area (Å²) in [5.74, 6) is 0.934. The summed E-state index contributed by atoms with van der Waals surface area (Å²) in [4.78, 5) is 25.2. The molecule has 2 amide bonds. The van der Waals surface area contributed by atoms with Crippen LogP contribution in [0.4, 0.5) is 0 Å². The zero-order valence-electron chi connectivity index (χ0n) is 11.2. The molecule has 0 spiro atoms. The maximum Gasteiger partial charge on any atom is 0.223 e. The highest BCUT2D eigenvalue weighted by Crippen LogP contribution is 2.17. The molecule has 0 atom stereocenters. The van der Waals surface area contributed by atoms with Gasteiger partial charge in [-0.3, -0.25) is 9.59 Å². The van der Waals surface area contributed by atoms with E-state index in [4.69, 9.17) is 0 Å². The molecular formula is C13H24N2O2. The summed E-state index contributed by atoms with van der Waals surface area (Å²) in [6, 6.07) is 0. The number of carbonyl (C=O) groups is 2. The van der Waals surface area contributed by atoms with Crippen LogP contribution < -0.4 is 5.32 Å². The normalized spacial score (nSPS) is 17.3. The summed E-state index contributed by atoms with van der Waals surface area (Å²) >= 11 is 0. The smallest absolute Gasteiger partial charge is 0.223 e. The van der Waals surface area contributed by atoms with Crippen molar-refractivity contribution in [2.24, 2.45) is 11.8 Å². The van der Waals surface area contributed by atoms with E-state index in [0.717, 1.165) is 32.5 Å². The van der Waals surface area contributed by atoms with Crippen molar-refractivity contribution in [1.82, 2.24) is 10.2 Å². The summed E-state index contributed by atoms with van der Waals surface area (Å²) in [5, 5.41) is 2.97. The van der Waals surface area contributed by atoms with Crippen LogP contribution in [0.3, 0.4) is 0 Å². The monoisotopic (exact) mass is 240 g/mol. The van der Waals surface area contributed by atoms with Crippen LogP contribution in [0.25, 0.3) is 0 Å². The fraction of sp³-hybridized carbons (Fsp3) is 0.846. The van der Waals surface area contributed by atoms with Crippen molar-refractivity contribution in [1.29, 1.82) is 0 Å². The molecule has 4 heteroatoms. The van der Waals surface area contributed by atoms with Gasteiger partial charge in [-0.2, -0.15) is 0 Å². The van der Waals surface area contributed by atoms with E-state index >= 15 is 0 Å². The van der Waals surface area contributed by atoms with Crippen LogP contribution in [-0.2, 0) is 9.59 Å². The molecule has 0 aromatic rings. The average Bonchev–Trinajstić information content (AvgIpc) is 2.35. The summed E-state index contributed by atoms with van der Waals surface area (Å²) in [7, 11) is 0. The van der Waals surface area contributed by atoms with Gasteiger partial charge in [-0.25, -0.2) is 0 Å². The lowest BCUT2D eigenvalue weighted by atomic mass is 9.95. The van der Waals surface area contributed by atoms with E-state index in [2.05, 4.69) is 19.2 Å². The first-order chi connectivity index (χ1) is 8.04. The van der Waals surface area contributed by atoms with Crippen LogP contribution in [-0.4, -0.2) is 36.3 Å². The quantitative estimate of drug-likeness (QED) is 0.807. The third-order valence-corrected chi connectivity index (χ3v) is 3.21. The van der Waals surface area contributed by atoms with E-state index in [1.165, 1.54) is 0 Å². The van der Waals surface area contributed by atoms with Crippen LogP contribution >= 0.6 is 0 Å². The highest BCUT2D eigenvalue weighted by atomic mass is 16.2. The van der Waals surface area contributed by atoms with Gasteiger partial charge in [0.1, 0.15) is 0 Å². The minimum atomic E-state index is 0.0923. The van der Waals surface area contributed by atoms with E-state index < -0.39 is 0 Å². The number of nitrogens with one attached hydrogen (secondary N) is 1. The van der Waals surface area contributed by atoms with Crippen molar-refractivity contribution >= 4 is 11.8 Å². The minimum Gasteiger partial charge on any atom is -0.356 e. The zero-order chi connectivity index (χ0) is 12.8. The van der Waals surface area contributed by atoms with Gasteiger partial charge in [-0.05, 0) is 18.8 Å². The van der Waals surface area contributed by atoms with E-state index in [1.807, 2.05) is 11.8 Å². The Kier molecular flexibility index (Phi) is 5.45. The molecule has 0 aromatic heterocycles. The molecule has 0 unspecified atom stereocenters. The van der Waals surface area contributed by atoms with Gasteiger partial charge in [0.05, 0.1) is 0 Å². The molecule has 98 valence electrons. The van der Waals surface area contributed by atoms with Crippen LogP contribution in [0.15, 0.2) is 0 Å². The lowest BCUT2D eigenvalue weighted by Crippen LogP contribution is -2.43. The first-order valence-electron chi connectivity index (χ1n) is 6.60. The summed E-state index contributed by atoms with van der Waals surface area (Å²) in [6.07, 6.45) is 2.16. The molecule has 1 saturated heterocycles. The number of nitrogens with zero attached hydrogens (tertiary/aromatic N) is 1. The first-order valence-corrected chi connectivity index (χ1v) is 6.60. The second-order valence-electron chi connectivity index (χ2n) is 5.15. The van der Waals surface area contributed by atoms with Crippen molar-refractivity contribution in [3.8, 4) is 0 Å². The summed E-state index contributed by atoms with van der Waals surface area (Å²) in [6.45, 7) is 8.25. The lowest BCUT2D eigenvalue weighted by Gasteiger charge is -2.31. The predicted molar refractivity (Wildman–Crippen MR) is 67.4 cm³/mol. The maximum absolute atomic E-state index is 11.8. The molecule has 0 aromatic carbocycles. The Hall–Kier alpha value is -1.06. The Bertz CT molecular complexity index is 269. The highest BCUT2D eigenvalue weighted by Gasteiger charge is 2.26. The number of hydrogen-bond donors (Lipinski definition) is 1. The minimum absolute atomic E-state index is 0.0923. The summed E-state index contributed by atoms with van der Waals surface area (Å²) in [5.41, 5.74) is 0. The number of hydrogen-bond acceptors (Lipinski definition) is 2. The molecule has 17 heavy (non-hydrogen) atoms. The van der Waals surface area contributed by atoms with Gasteiger partial charge in [0.25, 0.3) is 0 Å². The fourth-order valence-corrected chi connectivity index (χ4v) is 2.06. The first kappa shape index (κ1) is 14.0. The molecule has 0 radical (unpaired) electrons. The average molecular weight is 240 g/mol. The molecule has 4 nitrogen and oxygen atoms in total. The second kappa shape index (κ2) is 6.62. The molecule has 1 aliphatic rings. The summed E-state index contributed by atoms with van der Waals surface area (Å²) < 4.78 is 0. The Labute approximate surface area is 104 Å². The Morgan fingerprint density at radius 1 is 1.29 bits per heavy atom. The van der Waals surface area contributed by atoms with Gasteiger partial charge >= 0.3 is 0 Å². The molecule has 1 N–H and O–H groups in total. The van der Waals surface area contributed by atoms with Crippen molar-refractivity contribution in [3.63, 3.8) is 0 Å². The SMILES string of the molecule is CCC(=O)N1CCC(C(=O)NCC(C)C)CC1. The number of rotatable bonds is 4. The standard InChI is InChI=1S/C13H24N2O2/c1-4-12(16)15-7-5-11(6-8-15)13(17)14-9-10(2)3/h10-11H,4-9H2,1-3H3,(H,14,17). The Balaban J connectivity index is 2.31. The molecule has 1 rings (SSSR count). The largest absolute Gasteiger partial charge is 0.356 e. The van der Waals surface area contributed by atoms with Crippen LogP contribution in [0.5, 0.6) is 0 Å². The van der Waals surface area contributed by atoms with E-state index in [0.29, 0.717) is 12.3 Å². The lowest BCUT2D eigenvalue weighted by molar-refractivity contribution is -0.135. The molecular weight excluding hydrogens is 216 g/mol. The van der Waals surface area contributed by atoms with Crippen molar-refractivity contribution in [2.75, 3.05) is 19.6 Å². The number of likely N-dealkylation sites (tertiary alicyclic amines) is 1. The topological polar surface area (TPSA) is 49.4 Å². The van der Waals surface area contributed by atoms with Gasteiger partial charge in [0, 0.05) is 32.0 Å². The molecule has 0 bridgehead atoms. The van der Waals surface area contributed by atoms with E-state index in [1.54, 1.807) is 0 Å². The molecule has 0 aliphatic carbocycles. The van der Waals surface area contributed by atoms with Gasteiger partial charge in [0.15, 0.2) is 0 Å². The molecule has 1 fully saturated rings. The van der Waals surface area contributed by atoms with Gasteiger partial charge in [-0.1, -0.05) is 20.8 Å². The predicted octanol–water partition coefficient (Wildman–Crippen LogP) is 1.41. The van der Waals surface area contributed by atoms with E-state index in [-0.39, 0.29) is 17.7 Å². The molecule has 1 aliphatic heterocycles. The fourth-order valence-electron chi connectivity index (χ4n) is 2.06. The van der Waals surface area contributed by atoms with Crippen molar-refractivity contribution < 1.29 is 9.59 Å². The number of carbonyl (C=O) groups excluding carboxylic acids is 2.